The quantitative estimate of drug-likeness (QED) is 0.875. The van der Waals surface area contributed by atoms with E-state index in [-0.39, 0.29) is 5.91 Å². The van der Waals surface area contributed by atoms with E-state index < -0.39 is 5.54 Å². The summed E-state index contributed by atoms with van der Waals surface area (Å²) in [5, 5.41) is 2.90. The van der Waals surface area contributed by atoms with Crippen molar-refractivity contribution in [3.63, 3.8) is 0 Å². The van der Waals surface area contributed by atoms with Crippen LogP contribution in [0.15, 0.2) is 24.3 Å². The van der Waals surface area contributed by atoms with Gasteiger partial charge in [-0.15, -0.1) is 0 Å². The lowest BCUT2D eigenvalue weighted by Crippen LogP contribution is -2.37. The predicted octanol–water partition coefficient (Wildman–Crippen LogP) is 2.97. The monoisotopic (exact) mass is 288 g/mol. The minimum absolute atomic E-state index is 0.0761. The van der Waals surface area contributed by atoms with Crippen LogP contribution in [0.25, 0.3) is 0 Å². The van der Waals surface area contributed by atoms with Gasteiger partial charge in [0.1, 0.15) is 0 Å². The Morgan fingerprint density at radius 1 is 1.29 bits per heavy atom. The molecule has 3 N–H and O–H groups in total. The van der Waals surface area contributed by atoms with Crippen LogP contribution < -0.4 is 11.1 Å². The van der Waals surface area contributed by atoms with Gasteiger partial charge < -0.3 is 15.8 Å². The third-order valence-corrected chi connectivity index (χ3v) is 4.46. The Morgan fingerprint density at radius 3 is 2.76 bits per heavy atom. The molecule has 0 atom stereocenters. The van der Waals surface area contributed by atoms with Gasteiger partial charge in [-0.2, -0.15) is 0 Å². The molecular weight excluding hydrogens is 264 g/mol. The van der Waals surface area contributed by atoms with E-state index in [1.807, 2.05) is 24.3 Å². The molecule has 0 radical (unpaired) electrons. The molecule has 0 spiro atoms. The van der Waals surface area contributed by atoms with Crippen molar-refractivity contribution < 1.29 is 9.53 Å². The zero-order valence-electron chi connectivity index (χ0n) is 12.4. The van der Waals surface area contributed by atoms with Crippen molar-refractivity contribution in [2.45, 2.75) is 63.2 Å². The predicted molar refractivity (Wildman–Crippen MR) is 82.9 cm³/mol. The largest absolute Gasteiger partial charge is 0.374 e. The molecule has 4 nitrogen and oxygen atoms in total. The Labute approximate surface area is 126 Å². The number of amides is 1. The first kappa shape index (κ1) is 14.5. The average molecular weight is 288 g/mol. The number of anilines is 1. The van der Waals surface area contributed by atoms with Crippen LogP contribution in [0.1, 0.15) is 50.5 Å². The summed E-state index contributed by atoms with van der Waals surface area (Å²) in [6.45, 7) is 0.613. The van der Waals surface area contributed by atoms with E-state index in [4.69, 9.17) is 10.5 Å². The van der Waals surface area contributed by atoms with Crippen LogP contribution in [-0.2, 0) is 16.1 Å². The highest BCUT2D eigenvalue weighted by Crippen LogP contribution is 2.33. The highest BCUT2D eigenvalue weighted by atomic mass is 16.5. The smallest absolute Gasteiger partial charge is 0.244 e. The molecule has 0 unspecified atom stereocenters. The van der Waals surface area contributed by atoms with Crippen LogP contribution in [0.2, 0.25) is 0 Å². The highest BCUT2D eigenvalue weighted by Gasteiger charge is 2.45. The normalized spacial score (nSPS) is 21.0. The number of hydrogen-bond acceptors (Lipinski definition) is 3. The molecule has 2 saturated carbocycles. The van der Waals surface area contributed by atoms with E-state index in [9.17, 15) is 4.79 Å². The number of ether oxygens (including phenoxy) is 1. The van der Waals surface area contributed by atoms with Gasteiger partial charge in [0.05, 0.1) is 18.2 Å². The maximum Gasteiger partial charge on any atom is 0.244 e. The summed E-state index contributed by atoms with van der Waals surface area (Å²) in [7, 11) is 0. The molecule has 0 aromatic heterocycles. The summed E-state index contributed by atoms with van der Waals surface area (Å²) in [6, 6.07) is 7.86. The number of rotatable bonds is 5. The molecule has 0 heterocycles. The first-order valence-corrected chi connectivity index (χ1v) is 7.97. The molecule has 2 aliphatic rings. The molecule has 0 aliphatic heterocycles. The second kappa shape index (κ2) is 6.16. The zero-order valence-corrected chi connectivity index (χ0v) is 12.4. The third-order valence-electron chi connectivity index (χ3n) is 4.46. The Bertz CT molecular complexity index is 505. The lowest BCUT2D eigenvalue weighted by atomic mass is 9.98. The average Bonchev–Trinajstić information content (AvgIpc) is 3.26. The fourth-order valence-electron chi connectivity index (χ4n) is 2.80. The maximum absolute atomic E-state index is 11.9. The summed E-state index contributed by atoms with van der Waals surface area (Å²) < 4.78 is 5.97. The van der Waals surface area contributed by atoms with Crippen molar-refractivity contribution in [1.29, 1.82) is 0 Å². The molecule has 3 rings (SSSR count). The summed E-state index contributed by atoms with van der Waals surface area (Å²) >= 11 is 0. The molecule has 1 aromatic carbocycles. The first-order valence-electron chi connectivity index (χ1n) is 7.97. The maximum atomic E-state index is 11.9. The SMILES string of the molecule is NC1(C(=O)Nc2cccc(COC3CCCCC3)c2)CC1. The second-order valence-electron chi connectivity index (χ2n) is 6.38. The summed E-state index contributed by atoms with van der Waals surface area (Å²) in [6.07, 6.45) is 8.20. The van der Waals surface area contributed by atoms with E-state index in [1.165, 1.54) is 32.1 Å². The zero-order chi connectivity index (χ0) is 14.7. The number of nitrogens with two attached hydrogens (primary N) is 1. The van der Waals surface area contributed by atoms with Crippen molar-refractivity contribution in [1.82, 2.24) is 0 Å². The number of carbonyl (C=O) groups excluding carboxylic acids is 1. The van der Waals surface area contributed by atoms with Gasteiger partial charge in [0.15, 0.2) is 0 Å². The fourth-order valence-corrected chi connectivity index (χ4v) is 2.80. The minimum Gasteiger partial charge on any atom is -0.374 e. The molecular formula is C17H24N2O2. The van der Waals surface area contributed by atoms with E-state index in [0.717, 1.165) is 24.1 Å². The number of benzene rings is 1. The van der Waals surface area contributed by atoms with Gasteiger partial charge in [-0.3, -0.25) is 4.79 Å². The highest BCUT2D eigenvalue weighted by molar-refractivity contribution is 6.00. The van der Waals surface area contributed by atoms with Crippen molar-refractivity contribution in [3.8, 4) is 0 Å². The molecule has 2 aliphatic carbocycles. The van der Waals surface area contributed by atoms with Crippen LogP contribution in [0.5, 0.6) is 0 Å². The Hall–Kier alpha value is -1.39. The standard InChI is InChI=1S/C17H24N2O2/c18-17(9-10-17)16(20)19-14-6-4-5-13(11-14)12-21-15-7-2-1-3-8-15/h4-6,11,15H,1-3,7-10,12,18H2,(H,19,20). The van der Waals surface area contributed by atoms with Crippen molar-refractivity contribution in [2.24, 2.45) is 5.73 Å². The molecule has 4 heteroatoms. The van der Waals surface area contributed by atoms with Gasteiger partial charge in [-0.05, 0) is 43.4 Å². The number of nitrogens with one attached hydrogen (secondary N) is 1. The molecule has 21 heavy (non-hydrogen) atoms. The molecule has 1 amide bonds. The Morgan fingerprint density at radius 2 is 2.05 bits per heavy atom. The van der Waals surface area contributed by atoms with Gasteiger partial charge in [-0.25, -0.2) is 0 Å². The number of carbonyl (C=O) groups is 1. The van der Waals surface area contributed by atoms with E-state index in [0.29, 0.717) is 12.7 Å². The molecule has 114 valence electrons. The van der Waals surface area contributed by atoms with Crippen LogP contribution in [0, 0.1) is 0 Å². The Balaban J connectivity index is 1.54. The lowest BCUT2D eigenvalue weighted by molar-refractivity contribution is -0.118. The van der Waals surface area contributed by atoms with Crippen molar-refractivity contribution in [2.75, 3.05) is 5.32 Å². The van der Waals surface area contributed by atoms with E-state index >= 15 is 0 Å². The van der Waals surface area contributed by atoms with Gasteiger partial charge in [0.2, 0.25) is 5.91 Å². The van der Waals surface area contributed by atoms with Crippen LogP contribution >= 0.6 is 0 Å². The first-order chi connectivity index (χ1) is 10.2. The van der Waals surface area contributed by atoms with Gasteiger partial charge in [-0.1, -0.05) is 31.4 Å². The molecule has 0 saturated heterocycles. The molecule has 1 aromatic rings. The fraction of sp³-hybridized carbons (Fsp3) is 0.588. The Kier molecular flexibility index (Phi) is 4.27. The van der Waals surface area contributed by atoms with Crippen LogP contribution in [0.3, 0.4) is 0 Å². The third kappa shape index (κ3) is 3.83. The topological polar surface area (TPSA) is 64.4 Å². The van der Waals surface area contributed by atoms with Crippen LogP contribution in [-0.4, -0.2) is 17.6 Å². The second-order valence-corrected chi connectivity index (χ2v) is 6.38. The van der Waals surface area contributed by atoms with E-state index in [2.05, 4.69) is 5.32 Å². The van der Waals surface area contributed by atoms with Gasteiger partial charge in [0, 0.05) is 5.69 Å². The number of hydrogen-bond donors (Lipinski definition) is 2. The van der Waals surface area contributed by atoms with Crippen LogP contribution in [0.4, 0.5) is 5.69 Å². The van der Waals surface area contributed by atoms with Crippen molar-refractivity contribution in [3.05, 3.63) is 29.8 Å². The van der Waals surface area contributed by atoms with Gasteiger partial charge >= 0.3 is 0 Å². The molecule has 2 fully saturated rings. The lowest BCUT2D eigenvalue weighted by Gasteiger charge is -2.22. The van der Waals surface area contributed by atoms with Crippen molar-refractivity contribution >= 4 is 11.6 Å². The minimum atomic E-state index is -0.630. The molecule has 0 bridgehead atoms. The summed E-state index contributed by atoms with van der Waals surface area (Å²) in [5.41, 5.74) is 7.17. The van der Waals surface area contributed by atoms with Gasteiger partial charge in [0.25, 0.3) is 0 Å². The summed E-state index contributed by atoms with van der Waals surface area (Å²) in [5.74, 6) is -0.0761. The van der Waals surface area contributed by atoms with E-state index in [1.54, 1.807) is 0 Å². The summed E-state index contributed by atoms with van der Waals surface area (Å²) in [4.78, 5) is 11.9.